The summed E-state index contributed by atoms with van der Waals surface area (Å²) in [5, 5.41) is 0. The monoisotopic (exact) mass is 221 g/mol. The third kappa shape index (κ3) is 1.78. The van der Waals surface area contributed by atoms with Gasteiger partial charge in [-0.3, -0.25) is 4.79 Å². The largest absolute Gasteiger partial charge is 0.469 e. The molecule has 3 nitrogen and oxygen atoms in total. The predicted molar refractivity (Wildman–Crippen MR) is 57.8 cm³/mol. The topological polar surface area (TPSA) is 30.7 Å². The summed E-state index contributed by atoms with van der Waals surface area (Å²) in [6.45, 7) is 1.89. The third-order valence-corrected chi connectivity index (χ3v) is 2.61. The van der Waals surface area contributed by atoms with Crippen molar-refractivity contribution in [3.63, 3.8) is 0 Å². The van der Waals surface area contributed by atoms with Gasteiger partial charge in [0.15, 0.2) is 0 Å². The van der Waals surface area contributed by atoms with Crippen LogP contribution in [0.1, 0.15) is 11.1 Å². The molecule has 0 spiro atoms. The van der Waals surface area contributed by atoms with Gasteiger partial charge in [0.1, 0.15) is 5.82 Å². The van der Waals surface area contributed by atoms with Crippen LogP contribution in [0.5, 0.6) is 0 Å². The van der Waals surface area contributed by atoms with Crippen molar-refractivity contribution in [3.05, 3.63) is 41.5 Å². The zero-order valence-corrected chi connectivity index (χ0v) is 9.16. The number of hydrogen-bond donors (Lipinski definition) is 0. The Balaban J connectivity index is 2.52. The van der Waals surface area contributed by atoms with E-state index >= 15 is 0 Å². The van der Waals surface area contributed by atoms with Crippen molar-refractivity contribution >= 4 is 11.5 Å². The molecule has 2 aromatic rings. The van der Waals surface area contributed by atoms with Crippen LogP contribution in [-0.2, 0) is 16.0 Å². The van der Waals surface area contributed by atoms with Gasteiger partial charge in [0.25, 0.3) is 0 Å². The molecule has 16 heavy (non-hydrogen) atoms. The number of carbonyl (C=O) groups excluding carboxylic acids is 1. The summed E-state index contributed by atoms with van der Waals surface area (Å²) in [6, 6.07) is 3.05. The molecule has 84 valence electrons. The number of rotatable bonds is 2. The van der Waals surface area contributed by atoms with Crippen LogP contribution in [0.25, 0.3) is 5.52 Å². The van der Waals surface area contributed by atoms with Crippen molar-refractivity contribution in [1.82, 2.24) is 4.40 Å². The number of ether oxygens (including phenoxy) is 1. The Morgan fingerprint density at radius 3 is 2.88 bits per heavy atom. The highest BCUT2D eigenvalue weighted by atomic mass is 19.1. The van der Waals surface area contributed by atoms with E-state index in [9.17, 15) is 9.18 Å². The van der Waals surface area contributed by atoms with E-state index < -0.39 is 0 Å². The van der Waals surface area contributed by atoms with Crippen molar-refractivity contribution in [3.8, 4) is 0 Å². The Kier molecular flexibility index (Phi) is 2.64. The standard InChI is InChI=1S/C12H12FNO2/c1-8-6-14-7-9(13)3-4-11(14)10(8)5-12(15)16-2/h3-4,6-7H,5H2,1-2H3. The van der Waals surface area contributed by atoms with E-state index in [-0.39, 0.29) is 18.2 Å². The first-order chi connectivity index (χ1) is 7.61. The summed E-state index contributed by atoms with van der Waals surface area (Å²) in [5.74, 6) is -0.590. The van der Waals surface area contributed by atoms with Crippen LogP contribution in [-0.4, -0.2) is 17.5 Å². The summed E-state index contributed by atoms with van der Waals surface area (Å²) < 4.78 is 19.3. The molecule has 4 heteroatoms. The molecule has 0 saturated heterocycles. The van der Waals surface area contributed by atoms with Gasteiger partial charge in [0.2, 0.25) is 0 Å². The Morgan fingerprint density at radius 2 is 2.19 bits per heavy atom. The van der Waals surface area contributed by atoms with E-state index in [0.717, 1.165) is 16.6 Å². The lowest BCUT2D eigenvalue weighted by Crippen LogP contribution is -2.05. The van der Waals surface area contributed by atoms with Crippen LogP contribution < -0.4 is 0 Å². The molecule has 2 heterocycles. The normalized spacial score (nSPS) is 10.7. The maximum atomic E-state index is 13.0. The quantitative estimate of drug-likeness (QED) is 0.727. The van der Waals surface area contributed by atoms with Crippen LogP contribution in [0.2, 0.25) is 0 Å². The molecule has 0 aliphatic rings. The molecule has 0 radical (unpaired) electrons. The van der Waals surface area contributed by atoms with Crippen molar-refractivity contribution in [2.45, 2.75) is 13.3 Å². The first-order valence-corrected chi connectivity index (χ1v) is 4.94. The molecule has 0 aliphatic carbocycles. The number of pyridine rings is 1. The van der Waals surface area contributed by atoms with Crippen molar-refractivity contribution in [1.29, 1.82) is 0 Å². The molecule has 0 aromatic carbocycles. The van der Waals surface area contributed by atoms with E-state index in [4.69, 9.17) is 0 Å². The number of halogens is 1. The first kappa shape index (κ1) is 10.7. The van der Waals surface area contributed by atoms with E-state index in [2.05, 4.69) is 4.74 Å². The molecule has 2 rings (SSSR count). The van der Waals surface area contributed by atoms with Crippen molar-refractivity contribution in [2.24, 2.45) is 0 Å². The second-order valence-corrected chi connectivity index (χ2v) is 3.68. The Labute approximate surface area is 92.4 Å². The molecular formula is C12H12FNO2. The smallest absolute Gasteiger partial charge is 0.310 e. The minimum atomic E-state index is -0.299. The highest BCUT2D eigenvalue weighted by molar-refractivity contribution is 5.77. The molecule has 2 aromatic heterocycles. The summed E-state index contributed by atoms with van der Waals surface area (Å²) in [6.07, 6.45) is 3.41. The van der Waals surface area contributed by atoms with E-state index in [0.29, 0.717) is 0 Å². The zero-order chi connectivity index (χ0) is 11.7. The van der Waals surface area contributed by atoms with Gasteiger partial charge in [-0.25, -0.2) is 4.39 Å². The maximum Gasteiger partial charge on any atom is 0.310 e. The van der Waals surface area contributed by atoms with Gasteiger partial charge in [0.05, 0.1) is 13.5 Å². The second-order valence-electron chi connectivity index (χ2n) is 3.68. The zero-order valence-electron chi connectivity index (χ0n) is 9.16. The second kappa shape index (κ2) is 3.96. The summed E-state index contributed by atoms with van der Waals surface area (Å²) in [5.41, 5.74) is 2.67. The number of aromatic nitrogens is 1. The number of esters is 1. The number of hydrogen-bond acceptors (Lipinski definition) is 2. The highest BCUT2D eigenvalue weighted by Crippen LogP contribution is 2.19. The lowest BCUT2D eigenvalue weighted by Gasteiger charge is -2.00. The number of fused-ring (bicyclic) bond motifs is 1. The van der Waals surface area contributed by atoms with Gasteiger partial charge in [-0.2, -0.15) is 0 Å². The van der Waals surface area contributed by atoms with Crippen molar-refractivity contribution in [2.75, 3.05) is 7.11 Å². The SMILES string of the molecule is COC(=O)Cc1c(C)cn2cc(F)ccc12. The number of methoxy groups -OCH3 is 1. The van der Waals surface area contributed by atoms with Crippen LogP contribution in [0.4, 0.5) is 4.39 Å². The van der Waals surface area contributed by atoms with Crippen LogP contribution in [0.15, 0.2) is 24.5 Å². The average Bonchev–Trinajstić information content (AvgIpc) is 2.54. The molecule has 0 bridgehead atoms. The maximum absolute atomic E-state index is 13.0. The molecular weight excluding hydrogens is 209 g/mol. The fourth-order valence-electron chi connectivity index (χ4n) is 1.79. The van der Waals surface area contributed by atoms with Crippen LogP contribution in [0.3, 0.4) is 0 Å². The summed E-state index contributed by atoms with van der Waals surface area (Å²) >= 11 is 0. The van der Waals surface area contributed by atoms with Crippen LogP contribution in [0, 0.1) is 12.7 Å². The minimum absolute atomic E-state index is 0.213. The fourth-order valence-corrected chi connectivity index (χ4v) is 1.79. The van der Waals surface area contributed by atoms with Gasteiger partial charge >= 0.3 is 5.97 Å². The molecule has 0 N–H and O–H groups in total. The van der Waals surface area contributed by atoms with Gasteiger partial charge in [-0.05, 0) is 30.2 Å². The van der Waals surface area contributed by atoms with Gasteiger partial charge in [0, 0.05) is 17.9 Å². The lowest BCUT2D eigenvalue weighted by atomic mass is 10.1. The molecule has 0 amide bonds. The van der Waals surface area contributed by atoms with Crippen LogP contribution >= 0.6 is 0 Å². The predicted octanol–water partition coefficient (Wildman–Crippen LogP) is 2.10. The first-order valence-electron chi connectivity index (χ1n) is 4.94. The summed E-state index contributed by atoms with van der Waals surface area (Å²) in [4.78, 5) is 11.2. The van der Waals surface area contributed by atoms with E-state index in [1.165, 1.54) is 19.4 Å². The molecule has 0 unspecified atom stereocenters. The van der Waals surface area contributed by atoms with E-state index in [1.807, 2.05) is 6.92 Å². The number of aryl methyl sites for hydroxylation is 1. The lowest BCUT2D eigenvalue weighted by molar-refractivity contribution is -0.139. The molecule has 0 aliphatic heterocycles. The summed E-state index contributed by atoms with van der Waals surface area (Å²) in [7, 11) is 1.36. The Bertz CT molecular complexity index is 545. The fraction of sp³-hybridized carbons (Fsp3) is 0.250. The van der Waals surface area contributed by atoms with Gasteiger partial charge in [-0.15, -0.1) is 0 Å². The average molecular weight is 221 g/mol. The number of carbonyl (C=O) groups is 1. The highest BCUT2D eigenvalue weighted by Gasteiger charge is 2.12. The van der Waals surface area contributed by atoms with Gasteiger partial charge < -0.3 is 9.14 Å². The minimum Gasteiger partial charge on any atom is -0.469 e. The van der Waals surface area contributed by atoms with Gasteiger partial charge in [-0.1, -0.05) is 0 Å². The number of nitrogens with zero attached hydrogens (tertiary/aromatic N) is 1. The van der Waals surface area contributed by atoms with Crippen molar-refractivity contribution < 1.29 is 13.9 Å². The van der Waals surface area contributed by atoms with E-state index in [1.54, 1.807) is 16.7 Å². The molecule has 0 atom stereocenters. The Hall–Kier alpha value is -1.84. The third-order valence-electron chi connectivity index (χ3n) is 2.61. The molecule has 0 saturated carbocycles. The Morgan fingerprint density at radius 1 is 1.44 bits per heavy atom. The molecule has 0 fully saturated rings.